The number of hydrogen-bond acceptors (Lipinski definition) is 4. The van der Waals surface area contributed by atoms with Gasteiger partial charge in [0.2, 0.25) is 0 Å². The van der Waals surface area contributed by atoms with Crippen LogP contribution in [-0.2, 0) is 18.0 Å². The van der Waals surface area contributed by atoms with Crippen LogP contribution >= 0.6 is 0 Å². The Kier molecular flexibility index (Phi) is 3.74. The van der Waals surface area contributed by atoms with E-state index in [2.05, 4.69) is 16.4 Å². The van der Waals surface area contributed by atoms with E-state index in [0.717, 1.165) is 22.5 Å². The first-order valence-electron chi connectivity index (χ1n) is 5.77. The van der Waals surface area contributed by atoms with Crippen LogP contribution in [0.5, 0.6) is 0 Å². The number of methoxy groups -OCH3 is 1. The fourth-order valence-corrected chi connectivity index (χ4v) is 2.02. The molecule has 0 atom stereocenters. The second kappa shape index (κ2) is 5.29. The van der Waals surface area contributed by atoms with Crippen molar-refractivity contribution in [2.75, 3.05) is 7.11 Å². The van der Waals surface area contributed by atoms with E-state index in [1.165, 1.54) is 0 Å². The van der Waals surface area contributed by atoms with Crippen LogP contribution in [0.4, 0.5) is 0 Å². The Bertz CT molecular complexity index is 529. The summed E-state index contributed by atoms with van der Waals surface area (Å²) >= 11 is 0. The van der Waals surface area contributed by atoms with E-state index < -0.39 is 0 Å². The Hall–Kier alpha value is -1.72. The third-order valence-corrected chi connectivity index (χ3v) is 2.73. The van der Waals surface area contributed by atoms with E-state index in [9.17, 15) is 5.11 Å². The van der Waals surface area contributed by atoms with Gasteiger partial charge in [-0.25, -0.2) is 4.68 Å². The highest BCUT2D eigenvalue weighted by atomic mass is 16.5. The lowest BCUT2D eigenvalue weighted by Crippen LogP contribution is -2.05. The minimum atomic E-state index is -0.135. The van der Waals surface area contributed by atoms with Gasteiger partial charge in [0, 0.05) is 7.11 Å². The number of benzene rings is 1. The summed E-state index contributed by atoms with van der Waals surface area (Å²) in [6.45, 7) is 4.31. The van der Waals surface area contributed by atoms with Crippen molar-refractivity contribution in [2.24, 2.45) is 0 Å². The quantitative estimate of drug-likeness (QED) is 0.890. The monoisotopic (exact) mass is 247 g/mol. The summed E-state index contributed by atoms with van der Waals surface area (Å²) in [6.07, 6.45) is 0. The van der Waals surface area contributed by atoms with E-state index in [1.807, 2.05) is 26.0 Å². The second-order valence-electron chi connectivity index (χ2n) is 4.33. The van der Waals surface area contributed by atoms with E-state index in [0.29, 0.717) is 12.3 Å². The van der Waals surface area contributed by atoms with Crippen LogP contribution in [0.3, 0.4) is 0 Å². The maximum Gasteiger partial charge on any atom is 0.114 e. The first kappa shape index (κ1) is 12.7. The average Bonchev–Trinajstić information content (AvgIpc) is 2.71. The molecule has 0 spiro atoms. The molecule has 1 N–H and O–H groups in total. The van der Waals surface area contributed by atoms with Crippen molar-refractivity contribution in [1.29, 1.82) is 0 Å². The molecule has 0 bridgehead atoms. The van der Waals surface area contributed by atoms with Crippen molar-refractivity contribution in [3.63, 3.8) is 0 Å². The van der Waals surface area contributed by atoms with Crippen molar-refractivity contribution in [2.45, 2.75) is 27.1 Å². The Morgan fingerprint density at radius 2 is 1.89 bits per heavy atom. The van der Waals surface area contributed by atoms with Gasteiger partial charge in [-0.05, 0) is 37.1 Å². The molecule has 2 aromatic rings. The van der Waals surface area contributed by atoms with Gasteiger partial charge in [-0.15, -0.1) is 5.10 Å². The predicted octanol–water partition coefficient (Wildman–Crippen LogP) is 1.52. The SMILES string of the molecule is COCc1c(CO)nnn1-c1cc(C)cc(C)c1. The van der Waals surface area contributed by atoms with Gasteiger partial charge in [0.1, 0.15) is 5.69 Å². The van der Waals surface area contributed by atoms with E-state index >= 15 is 0 Å². The fourth-order valence-electron chi connectivity index (χ4n) is 2.02. The molecule has 0 saturated heterocycles. The van der Waals surface area contributed by atoms with Gasteiger partial charge < -0.3 is 9.84 Å². The molecule has 1 aromatic carbocycles. The van der Waals surface area contributed by atoms with Crippen molar-refractivity contribution in [3.8, 4) is 5.69 Å². The molecule has 0 aliphatic carbocycles. The molecule has 0 radical (unpaired) electrons. The predicted molar refractivity (Wildman–Crippen MR) is 67.5 cm³/mol. The van der Waals surface area contributed by atoms with E-state index in [4.69, 9.17) is 4.74 Å². The molecule has 0 unspecified atom stereocenters. The summed E-state index contributed by atoms with van der Waals surface area (Å²) in [6, 6.07) is 6.16. The summed E-state index contributed by atoms with van der Waals surface area (Å²) < 4.78 is 6.86. The molecule has 18 heavy (non-hydrogen) atoms. The number of ether oxygens (including phenoxy) is 1. The van der Waals surface area contributed by atoms with Crippen LogP contribution < -0.4 is 0 Å². The lowest BCUT2D eigenvalue weighted by atomic mass is 10.1. The lowest BCUT2D eigenvalue weighted by Gasteiger charge is -2.08. The molecule has 96 valence electrons. The van der Waals surface area contributed by atoms with Crippen LogP contribution in [-0.4, -0.2) is 27.2 Å². The van der Waals surface area contributed by atoms with Crippen molar-refractivity contribution < 1.29 is 9.84 Å². The third kappa shape index (κ3) is 2.42. The van der Waals surface area contributed by atoms with E-state index in [1.54, 1.807) is 11.8 Å². The lowest BCUT2D eigenvalue weighted by molar-refractivity contribution is 0.175. The number of aliphatic hydroxyl groups excluding tert-OH is 1. The van der Waals surface area contributed by atoms with Gasteiger partial charge >= 0.3 is 0 Å². The standard InChI is InChI=1S/C13H17N3O2/c1-9-4-10(2)6-11(5-9)16-13(8-18-3)12(7-17)14-15-16/h4-6,17H,7-8H2,1-3H3. The molecule has 0 aliphatic heterocycles. The number of aryl methyl sites for hydroxylation is 2. The molecule has 0 aliphatic rings. The third-order valence-electron chi connectivity index (χ3n) is 2.73. The highest BCUT2D eigenvalue weighted by Crippen LogP contribution is 2.17. The summed E-state index contributed by atoms with van der Waals surface area (Å²) in [5, 5.41) is 17.3. The molecule has 2 rings (SSSR count). The van der Waals surface area contributed by atoms with Crippen LogP contribution in [0.15, 0.2) is 18.2 Å². The molecule has 1 aromatic heterocycles. The van der Waals surface area contributed by atoms with E-state index in [-0.39, 0.29) is 6.61 Å². The van der Waals surface area contributed by atoms with Gasteiger partial charge in [-0.2, -0.15) is 0 Å². The Balaban J connectivity index is 2.52. The number of rotatable bonds is 4. The number of hydrogen-bond donors (Lipinski definition) is 1. The average molecular weight is 247 g/mol. The summed E-state index contributed by atoms with van der Waals surface area (Å²) in [7, 11) is 1.61. The Morgan fingerprint density at radius 3 is 2.44 bits per heavy atom. The van der Waals surface area contributed by atoms with Gasteiger partial charge in [0.05, 0.1) is 24.6 Å². The molecule has 0 fully saturated rings. The maximum absolute atomic E-state index is 9.24. The van der Waals surface area contributed by atoms with Crippen LogP contribution in [0, 0.1) is 13.8 Å². The molecule has 5 nitrogen and oxygen atoms in total. The highest BCUT2D eigenvalue weighted by Gasteiger charge is 2.13. The molecular weight excluding hydrogens is 230 g/mol. The van der Waals surface area contributed by atoms with Crippen LogP contribution in [0.25, 0.3) is 5.69 Å². The molecule has 1 heterocycles. The summed E-state index contributed by atoms with van der Waals surface area (Å²) in [4.78, 5) is 0. The fraction of sp³-hybridized carbons (Fsp3) is 0.385. The molecule has 0 saturated carbocycles. The van der Waals surface area contributed by atoms with Crippen LogP contribution in [0.1, 0.15) is 22.5 Å². The van der Waals surface area contributed by atoms with Crippen molar-refractivity contribution in [1.82, 2.24) is 15.0 Å². The van der Waals surface area contributed by atoms with Gasteiger partial charge in [0.15, 0.2) is 0 Å². The molecule has 0 amide bonds. The van der Waals surface area contributed by atoms with Crippen molar-refractivity contribution >= 4 is 0 Å². The second-order valence-corrected chi connectivity index (χ2v) is 4.33. The van der Waals surface area contributed by atoms with Gasteiger partial charge in [-0.3, -0.25) is 0 Å². The highest BCUT2D eigenvalue weighted by molar-refractivity contribution is 5.40. The molecule has 5 heteroatoms. The summed E-state index contributed by atoms with van der Waals surface area (Å²) in [5.41, 5.74) is 4.59. The minimum Gasteiger partial charge on any atom is -0.390 e. The number of nitrogens with zero attached hydrogens (tertiary/aromatic N) is 3. The van der Waals surface area contributed by atoms with Crippen molar-refractivity contribution in [3.05, 3.63) is 40.7 Å². The normalized spacial score (nSPS) is 10.9. The van der Waals surface area contributed by atoms with Crippen LogP contribution in [0.2, 0.25) is 0 Å². The number of aromatic nitrogens is 3. The zero-order chi connectivity index (χ0) is 13.1. The zero-order valence-electron chi connectivity index (χ0n) is 10.8. The smallest absolute Gasteiger partial charge is 0.114 e. The maximum atomic E-state index is 9.24. The Morgan fingerprint density at radius 1 is 1.22 bits per heavy atom. The largest absolute Gasteiger partial charge is 0.390 e. The molecular formula is C13H17N3O2. The first-order chi connectivity index (χ1) is 8.65. The number of aliphatic hydroxyl groups is 1. The topological polar surface area (TPSA) is 60.2 Å². The zero-order valence-corrected chi connectivity index (χ0v) is 10.8. The Labute approximate surface area is 106 Å². The van der Waals surface area contributed by atoms with Gasteiger partial charge in [-0.1, -0.05) is 11.3 Å². The summed E-state index contributed by atoms with van der Waals surface area (Å²) in [5.74, 6) is 0. The minimum absolute atomic E-state index is 0.135. The first-order valence-corrected chi connectivity index (χ1v) is 5.77. The van der Waals surface area contributed by atoms with Gasteiger partial charge in [0.25, 0.3) is 0 Å².